The highest BCUT2D eigenvalue weighted by atomic mass is 35.5. The zero-order chi connectivity index (χ0) is 20.5. The number of aldehydes is 1. The molecule has 0 unspecified atom stereocenters. The molecule has 148 valence electrons. The Balaban J connectivity index is 0.000000621. The average molecular weight is 393 g/mol. The molecule has 0 fully saturated rings. The summed E-state index contributed by atoms with van der Waals surface area (Å²) in [4.78, 5) is 14.7. The van der Waals surface area contributed by atoms with Crippen molar-refractivity contribution < 1.29 is 14.3 Å². The van der Waals surface area contributed by atoms with Crippen molar-refractivity contribution in [2.75, 3.05) is 27.8 Å². The van der Waals surface area contributed by atoms with E-state index in [-0.39, 0.29) is 6.61 Å². The standard InChI is InChI=1S/C12H15ClN2O3.C7H8.C2H6/c1-14-12(15-2)7-18-11-5-9(13)8(6-16)4-10(11)17-3;1-2-4-6-7-5-3-1;1-2/h4-6H,7H2,1-3H3,(H,14,15);1-6H,7H2;1-2H3. The Morgan fingerprint density at radius 2 is 1.81 bits per heavy atom. The van der Waals surface area contributed by atoms with Crippen molar-refractivity contribution >= 4 is 23.7 Å². The molecule has 27 heavy (non-hydrogen) atoms. The monoisotopic (exact) mass is 392 g/mol. The summed E-state index contributed by atoms with van der Waals surface area (Å²) in [6.45, 7) is 4.26. The fraction of sp³-hybridized carbons (Fsp3) is 0.333. The van der Waals surface area contributed by atoms with E-state index in [1.54, 1.807) is 20.2 Å². The van der Waals surface area contributed by atoms with Crippen molar-refractivity contribution in [1.82, 2.24) is 5.32 Å². The number of carbonyl (C=O) groups is 1. The molecule has 1 aromatic rings. The highest BCUT2D eigenvalue weighted by Gasteiger charge is 2.10. The van der Waals surface area contributed by atoms with E-state index in [9.17, 15) is 4.79 Å². The zero-order valence-corrected chi connectivity index (χ0v) is 17.4. The van der Waals surface area contributed by atoms with Gasteiger partial charge in [-0.25, -0.2) is 0 Å². The first-order valence-electron chi connectivity index (χ1n) is 8.73. The van der Waals surface area contributed by atoms with Crippen LogP contribution in [-0.4, -0.2) is 39.9 Å². The molecule has 0 atom stereocenters. The number of hydrogen-bond donors (Lipinski definition) is 1. The Bertz CT molecular complexity index is 666. The van der Waals surface area contributed by atoms with Gasteiger partial charge >= 0.3 is 0 Å². The van der Waals surface area contributed by atoms with E-state index >= 15 is 0 Å². The summed E-state index contributed by atoms with van der Waals surface area (Å²) in [7, 11) is 4.91. The lowest BCUT2D eigenvalue weighted by molar-refractivity contribution is 0.112. The molecule has 1 aliphatic rings. The maximum absolute atomic E-state index is 10.8. The number of allylic oxidation sites excluding steroid dienone is 6. The summed E-state index contributed by atoms with van der Waals surface area (Å²) in [6.07, 6.45) is 14.2. The van der Waals surface area contributed by atoms with E-state index < -0.39 is 0 Å². The van der Waals surface area contributed by atoms with Gasteiger partial charge in [-0.15, -0.1) is 0 Å². The fourth-order valence-electron chi connectivity index (χ4n) is 1.83. The number of halogens is 1. The number of likely N-dealkylation sites (N-methyl/N-ethyl adjacent to an activating group) is 1. The van der Waals surface area contributed by atoms with Crippen LogP contribution in [0, 0.1) is 0 Å². The zero-order valence-electron chi connectivity index (χ0n) is 16.7. The Labute approximate surface area is 167 Å². The van der Waals surface area contributed by atoms with Gasteiger partial charge in [-0.1, -0.05) is 61.9 Å². The quantitative estimate of drug-likeness (QED) is 0.441. The van der Waals surface area contributed by atoms with E-state index in [0.717, 1.165) is 6.42 Å². The molecule has 0 aliphatic heterocycles. The van der Waals surface area contributed by atoms with Gasteiger partial charge in [0.05, 0.1) is 12.1 Å². The van der Waals surface area contributed by atoms with Gasteiger partial charge in [-0.2, -0.15) is 0 Å². The SMILES string of the molecule is C1=CC=CCC=C1.CC.CN=C(COc1cc(Cl)c(C=O)cc1OC)NC. The van der Waals surface area contributed by atoms with Gasteiger partial charge in [-0.05, 0) is 12.5 Å². The van der Waals surface area contributed by atoms with Crippen LogP contribution in [0.15, 0.2) is 53.6 Å². The second-order valence-electron chi connectivity index (χ2n) is 4.83. The molecule has 5 nitrogen and oxygen atoms in total. The van der Waals surface area contributed by atoms with E-state index in [0.29, 0.717) is 34.2 Å². The smallest absolute Gasteiger partial charge is 0.163 e. The molecule has 0 radical (unpaired) electrons. The minimum Gasteiger partial charge on any atom is -0.493 e. The van der Waals surface area contributed by atoms with Crippen LogP contribution in [0.3, 0.4) is 0 Å². The molecule has 1 aromatic carbocycles. The molecule has 1 N–H and O–H groups in total. The van der Waals surface area contributed by atoms with Gasteiger partial charge in [0.1, 0.15) is 12.4 Å². The van der Waals surface area contributed by atoms with Crippen molar-refractivity contribution in [1.29, 1.82) is 0 Å². The Morgan fingerprint density at radius 3 is 2.30 bits per heavy atom. The summed E-state index contributed by atoms with van der Waals surface area (Å²) < 4.78 is 10.7. The van der Waals surface area contributed by atoms with Crippen molar-refractivity contribution in [2.24, 2.45) is 4.99 Å². The number of hydrogen-bond acceptors (Lipinski definition) is 4. The molecule has 0 amide bonds. The number of methoxy groups -OCH3 is 1. The Hall–Kier alpha value is -2.53. The van der Waals surface area contributed by atoms with E-state index in [1.807, 2.05) is 26.0 Å². The summed E-state index contributed by atoms with van der Waals surface area (Å²) in [5.41, 5.74) is 0.360. The number of nitrogens with one attached hydrogen (secondary N) is 1. The molecule has 2 rings (SSSR count). The third-order valence-corrected chi connectivity index (χ3v) is 3.54. The Kier molecular flexibility index (Phi) is 14.2. The fourth-order valence-corrected chi connectivity index (χ4v) is 2.03. The number of nitrogens with zero attached hydrogens (tertiary/aromatic N) is 1. The van der Waals surface area contributed by atoms with Gasteiger partial charge in [0.15, 0.2) is 17.8 Å². The van der Waals surface area contributed by atoms with Crippen molar-refractivity contribution in [3.8, 4) is 11.5 Å². The molecule has 0 aromatic heterocycles. The van der Waals surface area contributed by atoms with Gasteiger partial charge < -0.3 is 14.8 Å². The maximum atomic E-state index is 10.8. The van der Waals surface area contributed by atoms with Gasteiger partial charge in [-0.3, -0.25) is 9.79 Å². The predicted octanol–water partition coefficient (Wildman–Crippen LogP) is 4.87. The predicted molar refractivity (Wildman–Crippen MR) is 115 cm³/mol. The minimum absolute atomic E-state index is 0.264. The molecule has 0 saturated heterocycles. The molecule has 0 bridgehead atoms. The second kappa shape index (κ2) is 15.7. The van der Waals surface area contributed by atoms with Gasteiger partial charge in [0, 0.05) is 25.7 Å². The third-order valence-electron chi connectivity index (χ3n) is 3.21. The highest BCUT2D eigenvalue weighted by molar-refractivity contribution is 6.33. The van der Waals surface area contributed by atoms with Crippen LogP contribution in [0.25, 0.3) is 0 Å². The highest BCUT2D eigenvalue weighted by Crippen LogP contribution is 2.32. The molecular weight excluding hydrogens is 364 g/mol. The molecule has 6 heteroatoms. The van der Waals surface area contributed by atoms with Crippen LogP contribution < -0.4 is 14.8 Å². The molecular formula is C21H29ClN2O3. The second-order valence-corrected chi connectivity index (χ2v) is 5.24. The average Bonchev–Trinajstić information content (AvgIpc) is 3.04. The maximum Gasteiger partial charge on any atom is 0.163 e. The van der Waals surface area contributed by atoms with Gasteiger partial charge in [0.25, 0.3) is 0 Å². The number of amidine groups is 1. The first-order chi connectivity index (χ1) is 13.2. The molecule has 0 saturated carbocycles. The van der Waals surface area contributed by atoms with E-state index in [2.05, 4.69) is 34.6 Å². The summed E-state index contributed by atoms with van der Waals surface area (Å²) in [5.74, 6) is 1.60. The number of aliphatic imine (C=N–C) groups is 1. The summed E-state index contributed by atoms with van der Waals surface area (Å²) in [5, 5.41) is 3.21. The van der Waals surface area contributed by atoms with E-state index in [1.165, 1.54) is 13.2 Å². The van der Waals surface area contributed by atoms with Crippen molar-refractivity contribution in [3.05, 3.63) is 59.2 Å². The van der Waals surface area contributed by atoms with Crippen molar-refractivity contribution in [2.45, 2.75) is 20.3 Å². The first-order valence-corrected chi connectivity index (χ1v) is 9.11. The van der Waals surface area contributed by atoms with Crippen LogP contribution in [-0.2, 0) is 0 Å². The van der Waals surface area contributed by atoms with Gasteiger partial charge in [0.2, 0.25) is 0 Å². The lowest BCUT2D eigenvalue weighted by Gasteiger charge is -2.12. The lowest BCUT2D eigenvalue weighted by atomic mass is 10.2. The van der Waals surface area contributed by atoms with Crippen LogP contribution in [0.4, 0.5) is 0 Å². The minimum atomic E-state index is 0.264. The summed E-state index contributed by atoms with van der Waals surface area (Å²) in [6, 6.07) is 3.08. The van der Waals surface area contributed by atoms with Crippen LogP contribution in [0.5, 0.6) is 11.5 Å². The number of benzene rings is 1. The first kappa shape index (κ1) is 24.5. The topological polar surface area (TPSA) is 59.9 Å². The third kappa shape index (κ3) is 9.66. The lowest BCUT2D eigenvalue weighted by Crippen LogP contribution is -2.25. The van der Waals surface area contributed by atoms with Crippen LogP contribution in [0.2, 0.25) is 5.02 Å². The molecule has 0 heterocycles. The van der Waals surface area contributed by atoms with Crippen molar-refractivity contribution in [3.63, 3.8) is 0 Å². The molecule has 0 spiro atoms. The summed E-state index contributed by atoms with van der Waals surface area (Å²) >= 11 is 5.93. The number of carbonyl (C=O) groups excluding carboxylic acids is 1. The largest absolute Gasteiger partial charge is 0.493 e. The number of ether oxygens (including phenoxy) is 2. The van der Waals surface area contributed by atoms with Crippen LogP contribution >= 0.6 is 11.6 Å². The van der Waals surface area contributed by atoms with E-state index in [4.69, 9.17) is 21.1 Å². The Morgan fingerprint density at radius 1 is 1.19 bits per heavy atom. The molecule has 1 aliphatic carbocycles. The normalized spacial score (nSPS) is 12.0. The number of rotatable bonds is 5. The van der Waals surface area contributed by atoms with Crippen LogP contribution in [0.1, 0.15) is 30.6 Å².